The molecule has 7 N–H and O–H groups in total. The van der Waals surface area contributed by atoms with E-state index in [0.717, 1.165) is 6.26 Å². The lowest BCUT2D eigenvalue weighted by Gasteiger charge is -2.41. The van der Waals surface area contributed by atoms with Gasteiger partial charge in [-0.05, 0) is 24.6 Å². The van der Waals surface area contributed by atoms with Crippen LogP contribution in [-0.2, 0) is 35.0 Å². The Bertz CT molecular complexity index is 1030. The van der Waals surface area contributed by atoms with E-state index < -0.39 is 67.9 Å². The number of ether oxygens (including phenoxy) is 4. The quantitative estimate of drug-likeness (QED) is 0.120. The van der Waals surface area contributed by atoms with E-state index in [1.54, 1.807) is 13.0 Å². The summed E-state index contributed by atoms with van der Waals surface area (Å²) in [5.74, 6) is -3.70. The number of rotatable bonds is 9. The van der Waals surface area contributed by atoms with Gasteiger partial charge in [-0.15, -0.1) is 0 Å². The molecule has 3 rings (SSSR count). The number of phenols is 2. The predicted octanol–water partition coefficient (Wildman–Crippen LogP) is -0.723. The maximum absolute atomic E-state index is 12.6. The SMILES string of the molecule is CC=C1C(CC(=O)OCCc2ccc(O)c(O)c2)C(C(=O)O)=CO[C@H]1OC1O[C@@H](CO)[C@H](O)[C@@H](O)[C@@H]1O. The molecule has 1 aromatic rings. The van der Waals surface area contributed by atoms with Gasteiger partial charge in [0.05, 0.1) is 31.5 Å². The minimum atomic E-state index is -1.72. The lowest BCUT2D eigenvalue weighted by atomic mass is 9.86. The van der Waals surface area contributed by atoms with Crippen molar-refractivity contribution in [3.8, 4) is 11.5 Å². The topological polar surface area (TPSA) is 213 Å². The van der Waals surface area contributed by atoms with Crippen molar-refractivity contribution in [1.82, 2.24) is 0 Å². The normalized spacial score (nSPS) is 30.9. The summed E-state index contributed by atoms with van der Waals surface area (Å²) in [5.41, 5.74) is 0.557. The first-order chi connectivity index (χ1) is 17.6. The van der Waals surface area contributed by atoms with Gasteiger partial charge in [0.15, 0.2) is 17.8 Å². The summed E-state index contributed by atoms with van der Waals surface area (Å²) in [7, 11) is 0. The summed E-state index contributed by atoms with van der Waals surface area (Å²) in [4.78, 5) is 24.4. The Kier molecular flexibility index (Phi) is 9.48. The number of aliphatic hydroxyl groups excluding tert-OH is 4. The molecule has 2 unspecified atom stereocenters. The third-order valence-electron chi connectivity index (χ3n) is 6.12. The number of aliphatic hydroxyl groups is 4. The van der Waals surface area contributed by atoms with Crippen LogP contribution >= 0.6 is 0 Å². The summed E-state index contributed by atoms with van der Waals surface area (Å²) in [6.07, 6.45) is -6.90. The van der Waals surface area contributed by atoms with Gasteiger partial charge in [0.25, 0.3) is 0 Å². The molecule has 13 nitrogen and oxygen atoms in total. The van der Waals surface area contributed by atoms with E-state index >= 15 is 0 Å². The molecule has 1 fully saturated rings. The smallest absolute Gasteiger partial charge is 0.335 e. The summed E-state index contributed by atoms with van der Waals surface area (Å²) in [6, 6.07) is 4.17. The summed E-state index contributed by atoms with van der Waals surface area (Å²) >= 11 is 0. The van der Waals surface area contributed by atoms with E-state index in [4.69, 9.17) is 18.9 Å². The maximum Gasteiger partial charge on any atom is 0.335 e. The summed E-state index contributed by atoms with van der Waals surface area (Å²) in [5, 5.41) is 68.1. The van der Waals surface area contributed by atoms with Crippen molar-refractivity contribution in [2.75, 3.05) is 13.2 Å². The average molecular weight is 526 g/mol. The molecule has 0 radical (unpaired) electrons. The third-order valence-corrected chi connectivity index (χ3v) is 6.12. The Hall–Kier alpha value is -3.20. The standard InChI is InChI=1S/C24H30O13/c1-2-12-13(8-18(28)34-6-5-11-3-4-15(26)16(27)7-11)14(22(32)33)10-35-23(12)37-24-21(31)20(30)19(29)17(9-25)36-24/h2-4,7,10,13,17,19-21,23-27,29-31H,5-6,8-9H2,1H3,(H,32,33)/t13?,17-,19-,20+,21-,23-,24?/m0/s1. The zero-order valence-electron chi connectivity index (χ0n) is 19.8. The molecule has 37 heavy (non-hydrogen) atoms. The molecule has 0 aliphatic carbocycles. The van der Waals surface area contributed by atoms with Crippen molar-refractivity contribution >= 4 is 11.9 Å². The minimum Gasteiger partial charge on any atom is -0.504 e. The number of carboxylic acid groups (broad SMARTS) is 1. The maximum atomic E-state index is 12.6. The molecule has 2 aliphatic heterocycles. The summed E-state index contributed by atoms with van der Waals surface area (Å²) in [6.45, 7) is 0.811. The highest BCUT2D eigenvalue weighted by molar-refractivity contribution is 5.89. The molecule has 0 bridgehead atoms. The first-order valence-corrected chi connectivity index (χ1v) is 11.4. The van der Waals surface area contributed by atoms with E-state index in [9.17, 15) is 45.3 Å². The molecule has 0 saturated carbocycles. The van der Waals surface area contributed by atoms with E-state index in [0.29, 0.717) is 5.56 Å². The zero-order valence-corrected chi connectivity index (χ0v) is 19.8. The van der Waals surface area contributed by atoms with Gasteiger partial charge in [-0.25, -0.2) is 4.79 Å². The largest absolute Gasteiger partial charge is 0.504 e. The highest BCUT2D eigenvalue weighted by Crippen LogP contribution is 2.36. The van der Waals surface area contributed by atoms with E-state index in [2.05, 4.69) is 0 Å². The van der Waals surface area contributed by atoms with E-state index in [-0.39, 0.29) is 35.7 Å². The van der Waals surface area contributed by atoms with Crippen LogP contribution in [0.15, 0.2) is 41.7 Å². The number of carboxylic acids is 1. The van der Waals surface area contributed by atoms with Crippen LogP contribution in [-0.4, -0.2) is 97.9 Å². The lowest BCUT2D eigenvalue weighted by Crippen LogP contribution is -2.60. The van der Waals surface area contributed by atoms with Crippen LogP contribution in [0.3, 0.4) is 0 Å². The Balaban J connectivity index is 1.68. The van der Waals surface area contributed by atoms with Crippen LogP contribution in [0, 0.1) is 5.92 Å². The van der Waals surface area contributed by atoms with Crippen LogP contribution < -0.4 is 0 Å². The zero-order chi connectivity index (χ0) is 27.3. The molecule has 1 aromatic carbocycles. The molecule has 1 saturated heterocycles. The van der Waals surface area contributed by atoms with Crippen LogP contribution in [0.2, 0.25) is 0 Å². The molecule has 2 aliphatic rings. The van der Waals surface area contributed by atoms with Crippen molar-refractivity contribution < 1.29 is 64.3 Å². The van der Waals surface area contributed by atoms with Gasteiger partial charge in [-0.1, -0.05) is 12.1 Å². The number of carbonyl (C=O) groups is 2. The molecule has 0 amide bonds. The van der Waals surface area contributed by atoms with Crippen LogP contribution in [0.25, 0.3) is 0 Å². The predicted molar refractivity (Wildman–Crippen MR) is 122 cm³/mol. The number of phenolic OH excluding ortho intramolecular Hbond substituents is 2. The Morgan fingerprint density at radius 1 is 1.08 bits per heavy atom. The van der Waals surface area contributed by atoms with Crippen molar-refractivity contribution in [3.63, 3.8) is 0 Å². The van der Waals surface area contributed by atoms with Gasteiger partial charge in [0.2, 0.25) is 6.29 Å². The fourth-order valence-corrected chi connectivity index (χ4v) is 4.05. The van der Waals surface area contributed by atoms with Crippen molar-refractivity contribution in [1.29, 1.82) is 0 Å². The van der Waals surface area contributed by atoms with Gasteiger partial charge in [0, 0.05) is 17.9 Å². The summed E-state index contributed by atoms with van der Waals surface area (Å²) < 4.78 is 21.6. The molecule has 0 aromatic heterocycles. The fourth-order valence-electron chi connectivity index (χ4n) is 4.05. The number of aromatic hydroxyl groups is 2. The Labute approximate surface area is 211 Å². The second-order valence-electron chi connectivity index (χ2n) is 8.52. The van der Waals surface area contributed by atoms with Crippen molar-refractivity contribution in [2.24, 2.45) is 5.92 Å². The first-order valence-electron chi connectivity index (χ1n) is 11.4. The monoisotopic (exact) mass is 526 g/mol. The second-order valence-corrected chi connectivity index (χ2v) is 8.52. The number of esters is 1. The number of hydrogen-bond acceptors (Lipinski definition) is 12. The second kappa shape index (κ2) is 12.4. The van der Waals surface area contributed by atoms with Crippen LogP contribution in [0.5, 0.6) is 11.5 Å². The highest BCUT2D eigenvalue weighted by Gasteiger charge is 2.46. The van der Waals surface area contributed by atoms with Gasteiger partial charge < -0.3 is 54.7 Å². The van der Waals surface area contributed by atoms with Crippen molar-refractivity contribution in [3.05, 3.63) is 47.2 Å². The van der Waals surface area contributed by atoms with Gasteiger partial charge in [-0.3, -0.25) is 4.79 Å². The average Bonchev–Trinajstić information content (AvgIpc) is 2.86. The number of hydrogen-bond donors (Lipinski definition) is 7. The lowest BCUT2D eigenvalue weighted by molar-refractivity contribution is -0.327. The number of carbonyl (C=O) groups excluding carboxylic acids is 1. The molecule has 2 heterocycles. The Morgan fingerprint density at radius 3 is 2.43 bits per heavy atom. The van der Waals surface area contributed by atoms with E-state index in [1.807, 2.05) is 0 Å². The first kappa shape index (κ1) is 28.4. The third kappa shape index (κ3) is 6.57. The van der Waals surface area contributed by atoms with Crippen LogP contribution in [0.4, 0.5) is 0 Å². The Morgan fingerprint density at radius 2 is 1.81 bits per heavy atom. The van der Waals surface area contributed by atoms with Crippen LogP contribution in [0.1, 0.15) is 18.9 Å². The number of allylic oxidation sites excluding steroid dienone is 1. The molecule has 7 atom stereocenters. The molecule has 0 spiro atoms. The molecule has 204 valence electrons. The number of aliphatic carboxylic acids is 1. The molecular formula is C24H30O13. The van der Waals surface area contributed by atoms with Gasteiger partial charge >= 0.3 is 11.9 Å². The van der Waals surface area contributed by atoms with Gasteiger partial charge in [-0.2, -0.15) is 0 Å². The number of benzene rings is 1. The molecule has 13 heteroatoms. The van der Waals surface area contributed by atoms with Crippen molar-refractivity contribution in [2.45, 2.75) is 56.8 Å². The highest BCUT2D eigenvalue weighted by atomic mass is 16.8. The van der Waals surface area contributed by atoms with Gasteiger partial charge in [0.1, 0.15) is 24.4 Å². The fraction of sp³-hybridized carbons (Fsp3) is 0.500. The minimum absolute atomic E-state index is 0.0750. The molecular weight excluding hydrogens is 496 g/mol. The van der Waals surface area contributed by atoms with E-state index in [1.165, 1.54) is 18.2 Å².